The first-order valence-corrected chi connectivity index (χ1v) is 7.40. The molecule has 0 aliphatic carbocycles. The lowest BCUT2D eigenvalue weighted by Gasteiger charge is -2.12. The average molecular weight is 283 g/mol. The highest BCUT2D eigenvalue weighted by Gasteiger charge is 2.16. The Balaban J connectivity index is 2.51. The smallest absolute Gasteiger partial charge is 0.339 e. The number of rotatable bonds is 5. The molecule has 0 aliphatic rings. The van der Waals surface area contributed by atoms with Crippen molar-refractivity contribution in [1.29, 1.82) is 0 Å². The Labute approximate surface area is 126 Å². The molecule has 3 heteroatoms. The monoisotopic (exact) mass is 283 g/mol. The van der Waals surface area contributed by atoms with E-state index < -0.39 is 0 Å². The SMILES string of the molecule is CCCc1nc(-c2ccccc2)c(C)cc1C(=O)OCC. The summed E-state index contributed by atoms with van der Waals surface area (Å²) in [4.78, 5) is 16.8. The van der Waals surface area contributed by atoms with Gasteiger partial charge < -0.3 is 4.74 Å². The van der Waals surface area contributed by atoms with Gasteiger partial charge in [0.2, 0.25) is 0 Å². The summed E-state index contributed by atoms with van der Waals surface area (Å²) in [6.45, 7) is 6.26. The van der Waals surface area contributed by atoms with E-state index >= 15 is 0 Å². The van der Waals surface area contributed by atoms with Gasteiger partial charge in [-0.05, 0) is 31.9 Å². The van der Waals surface area contributed by atoms with Crippen LogP contribution in [0, 0.1) is 6.92 Å². The fraction of sp³-hybridized carbons (Fsp3) is 0.333. The van der Waals surface area contributed by atoms with E-state index in [9.17, 15) is 4.79 Å². The van der Waals surface area contributed by atoms with Gasteiger partial charge in [-0.25, -0.2) is 4.79 Å². The van der Waals surface area contributed by atoms with E-state index in [2.05, 4.69) is 6.92 Å². The van der Waals surface area contributed by atoms with Crippen molar-refractivity contribution in [3.63, 3.8) is 0 Å². The van der Waals surface area contributed by atoms with Crippen LogP contribution in [0.3, 0.4) is 0 Å². The van der Waals surface area contributed by atoms with Crippen LogP contribution in [0.4, 0.5) is 0 Å². The molecule has 1 aromatic heterocycles. The van der Waals surface area contributed by atoms with Crippen LogP contribution in [0.1, 0.15) is 41.9 Å². The van der Waals surface area contributed by atoms with Crippen LogP contribution in [0.5, 0.6) is 0 Å². The van der Waals surface area contributed by atoms with Gasteiger partial charge in [0.1, 0.15) is 0 Å². The van der Waals surface area contributed by atoms with Crippen LogP contribution >= 0.6 is 0 Å². The summed E-state index contributed by atoms with van der Waals surface area (Å²) in [6, 6.07) is 12.0. The van der Waals surface area contributed by atoms with Gasteiger partial charge in [0.05, 0.1) is 23.6 Å². The molecule has 0 amide bonds. The molecule has 0 radical (unpaired) electrons. The van der Waals surface area contributed by atoms with Gasteiger partial charge in [0.25, 0.3) is 0 Å². The molecule has 2 aromatic rings. The Morgan fingerprint density at radius 3 is 2.52 bits per heavy atom. The van der Waals surface area contributed by atoms with Gasteiger partial charge in [-0.2, -0.15) is 0 Å². The number of carbonyl (C=O) groups is 1. The zero-order chi connectivity index (χ0) is 15.2. The fourth-order valence-corrected chi connectivity index (χ4v) is 2.35. The summed E-state index contributed by atoms with van der Waals surface area (Å²) in [5.41, 5.74) is 4.41. The van der Waals surface area contributed by atoms with Crippen LogP contribution < -0.4 is 0 Å². The maximum atomic E-state index is 12.1. The number of nitrogens with zero attached hydrogens (tertiary/aromatic N) is 1. The Kier molecular flexibility index (Phi) is 5.09. The number of hydrogen-bond donors (Lipinski definition) is 0. The van der Waals surface area contributed by atoms with Gasteiger partial charge in [0, 0.05) is 5.56 Å². The van der Waals surface area contributed by atoms with Gasteiger partial charge >= 0.3 is 5.97 Å². The maximum absolute atomic E-state index is 12.1. The van der Waals surface area contributed by atoms with Crippen LogP contribution in [-0.2, 0) is 11.2 Å². The molecule has 0 atom stereocenters. The lowest BCUT2D eigenvalue weighted by molar-refractivity contribution is 0.0524. The zero-order valence-electron chi connectivity index (χ0n) is 12.8. The van der Waals surface area contributed by atoms with E-state index in [1.54, 1.807) is 0 Å². The predicted molar refractivity (Wildman–Crippen MR) is 84.4 cm³/mol. The molecule has 110 valence electrons. The third kappa shape index (κ3) is 3.48. The second kappa shape index (κ2) is 7.02. The van der Waals surface area contributed by atoms with Crippen LogP contribution in [0.15, 0.2) is 36.4 Å². The largest absolute Gasteiger partial charge is 0.462 e. The van der Waals surface area contributed by atoms with Crippen molar-refractivity contribution in [2.24, 2.45) is 0 Å². The summed E-state index contributed by atoms with van der Waals surface area (Å²) in [6.07, 6.45) is 1.71. The fourth-order valence-electron chi connectivity index (χ4n) is 2.35. The quantitative estimate of drug-likeness (QED) is 0.772. The van der Waals surface area contributed by atoms with E-state index in [1.807, 2.05) is 50.2 Å². The van der Waals surface area contributed by atoms with Crippen molar-refractivity contribution in [2.45, 2.75) is 33.6 Å². The standard InChI is InChI=1S/C18H21NO2/c1-4-9-16-15(18(20)21-5-2)12-13(3)17(19-16)14-10-7-6-8-11-14/h6-8,10-12H,4-5,9H2,1-3H3. The Morgan fingerprint density at radius 1 is 1.19 bits per heavy atom. The van der Waals surface area contributed by atoms with Gasteiger partial charge in [-0.1, -0.05) is 43.7 Å². The second-order valence-corrected chi connectivity index (χ2v) is 4.98. The molecule has 0 saturated carbocycles. The number of carbonyl (C=O) groups excluding carboxylic acids is 1. The summed E-state index contributed by atoms with van der Waals surface area (Å²) < 4.78 is 5.14. The number of aryl methyl sites for hydroxylation is 2. The van der Waals surface area contributed by atoms with E-state index in [-0.39, 0.29) is 5.97 Å². The number of hydrogen-bond acceptors (Lipinski definition) is 3. The third-order valence-corrected chi connectivity index (χ3v) is 3.32. The van der Waals surface area contributed by atoms with Crippen molar-refractivity contribution in [3.8, 4) is 11.3 Å². The normalized spacial score (nSPS) is 10.4. The molecule has 21 heavy (non-hydrogen) atoms. The van der Waals surface area contributed by atoms with Crippen molar-refractivity contribution in [3.05, 3.63) is 53.2 Å². The molecular weight excluding hydrogens is 262 g/mol. The number of benzene rings is 1. The zero-order valence-corrected chi connectivity index (χ0v) is 12.8. The lowest BCUT2D eigenvalue weighted by atomic mass is 10.0. The first kappa shape index (κ1) is 15.2. The molecule has 0 aliphatic heterocycles. The van der Waals surface area contributed by atoms with E-state index in [1.165, 1.54) is 0 Å². The maximum Gasteiger partial charge on any atom is 0.339 e. The van der Waals surface area contributed by atoms with Crippen LogP contribution in [0.2, 0.25) is 0 Å². The van der Waals surface area contributed by atoms with Crippen molar-refractivity contribution in [2.75, 3.05) is 6.61 Å². The second-order valence-electron chi connectivity index (χ2n) is 4.98. The van der Waals surface area contributed by atoms with Crippen molar-refractivity contribution >= 4 is 5.97 Å². The Bertz CT molecular complexity index is 621. The van der Waals surface area contributed by atoms with Crippen molar-refractivity contribution < 1.29 is 9.53 Å². The molecule has 0 N–H and O–H groups in total. The van der Waals surface area contributed by atoms with Gasteiger partial charge in [-0.3, -0.25) is 4.98 Å². The minimum absolute atomic E-state index is 0.281. The summed E-state index contributed by atoms with van der Waals surface area (Å²) >= 11 is 0. The minimum Gasteiger partial charge on any atom is -0.462 e. The molecule has 0 spiro atoms. The number of ether oxygens (including phenoxy) is 1. The first-order valence-electron chi connectivity index (χ1n) is 7.40. The molecule has 3 nitrogen and oxygen atoms in total. The topological polar surface area (TPSA) is 39.2 Å². The van der Waals surface area contributed by atoms with E-state index in [0.717, 1.165) is 35.4 Å². The third-order valence-electron chi connectivity index (χ3n) is 3.32. The highest BCUT2D eigenvalue weighted by molar-refractivity contribution is 5.91. The predicted octanol–water partition coefficient (Wildman–Crippen LogP) is 4.19. The highest BCUT2D eigenvalue weighted by Crippen LogP contribution is 2.24. The molecule has 0 unspecified atom stereocenters. The molecule has 2 rings (SSSR count). The van der Waals surface area contributed by atoms with Gasteiger partial charge in [-0.15, -0.1) is 0 Å². The summed E-state index contributed by atoms with van der Waals surface area (Å²) in [5.74, 6) is -0.281. The number of aromatic nitrogens is 1. The summed E-state index contributed by atoms with van der Waals surface area (Å²) in [7, 11) is 0. The lowest BCUT2D eigenvalue weighted by Crippen LogP contribution is -2.11. The van der Waals surface area contributed by atoms with Gasteiger partial charge in [0.15, 0.2) is 0 Å². The summed E-state index contributed by atoms with van der Waals surface area (Å²) in [5, 5.41) is 0. The molecule has 0 saturated heterocycles. The highest BCUT2D eigenvalue weighted by atomic mass is 16.5. The van der Waals surface area contributed by atoms with E-state index in [0.29, 0.717) is 12.2 Å². The van der Waals surface area contributed by atoms with Crippen LogP contribution in [-0.4, -0.2) is 17.6 Å². The average Bonchev–Trinajstić information content (AvgIpc) is 2.50. The number of pyridine rings is 1. The molecule has 1 aromatic carbocycles. The minimum atomic E-state index is -0.281. The first-order chi connectivity index (χ1) is 10.2. The molecule has 1 heterocycles. The Morgan fingerprint density at radius 2 is 1.90 bits per heavy atom. The molecular formula is C18H21NO2. The van der Waals surface area contributed by atoms with E-state index in [4.69, 9.17) is 9.72 Å². The number of esters is 1. The molecule has 0 fully saturated rings. The van der Waals surface area contributed by atoms with Crippen molar-refractivity contribution in [1.82, 2.24) is 4.98 Å². The Hall–Kier alpha value is -2.16. The van der Waals surface area contributed by atoms with Crippen LogP contribution in [0.25, 0.3) is 11.3 Å². The molecule has 0 bridgehead atoms.